The Balaban J connectivity index is 1.55. The molecule has 0 radical (unpaired) electrons. The standard InChI is InChI=1S/C30H40N6O7/c1-2-43-30(42)35-16-14-34(15-17-35)29(41)24(11-12-26(38)39)33-28(40)25-18-22(19-36-13-7-6-10-23(36)20-37)31-27(32-25)21-8-4-3-5-9-21/h3-5,8-9,18,23-24,37H,2,6-7,10-17,19-20H2,1H3,(H,33,40)(H,38,39)/t23?,24-/m0/s1. The van der Waals surface area contributed by atoms with Crippen LogP contribution in [0.1, 0.15) is 55.2 Å². The van der Waals surface area contributed by atoms with Crippen LogP contribution in [0.4, 0.5) is 4.79 Å². The van der Waals surface area contributed by atoms with Crippen LogP contribution in [0.3, 0.4) is 0 Å². The van der Waals surface area contributed by atoms with Gasteiger partial charge in [0, 0.05) is 50.7 Å². The third kappa shape index (κ3) is 8.71. The lowest BCUT2D eigenvalue weighted by Crippen LogP contribution is -2.56. The normalized spacial score (nSPS) is 18.1. The highest BCUT2D eigenvalue weighted by Crippen LogP contribution is 2.21. The van der Waals surface area contributed by atoms with Gasteiger partial charge in [-0.15, -0.1) is 0 Å². The quantitative estimate of drug-likeness (QED) is 0.348. The number of benzene rings is 1. The molecule has 13 heteroatoms. The number of likely N-dealkylation sites (tertiary alicyclic amines) is 1. The number of carboxylic acids is 1. The number of piperidine rings is 1. The first-order valence-corrected chi connectivity index (χ1v) is 14.8. The van der Waals surface area contributed by atoms with Crippen molar-refractivity contribution in [2.75, 3.05) is 45.9 Å². The van der Waals surface area contributed by atoms with Crippen molar-refractivity contribution in [3.05, 3.63) is 47.8 Å². The lowest BCUT2D eigenvalue weighted by molar-refractivity contribution is -0.138. The maximum atomic E-state index is 13.6. The van der Waals surface area contributed by atoms with Gasteiger partial charge in [-0.3, -0.25) is 19.3 Å². The largest absolute Gasteiger partial charge is 0.481 e. The number of carbonyl (C=O) groups excluding carboxylic acids is 3. The van der Waals surface area contributed by atoms with Crippen molar-refractivity contribution in [2.24, 2.45) is 0 Å². The summed E-state index contributed by atoms with van der Waals surface area (Å²) in [7, 11) is 0. The topological polar surface area (TPSA) is 166 Å². The lowest BCUT2D eigenvalue weighted by atomic mass is 10.0. The van der Waals surface area contributed by atoms with Crippen molar-refractivity contribution < 1.29 is 34.1 Å². The SMILES string of the molecule is CCOC(=O)N1CCN(C(=O)[C@H](CCC(=O)O)NC(=O)c2cc(CN3CCCCC3CO)nc(-c3ccccc3)n2)CC1. The molecule has 3 N–H and O–H groups in total. The van der Waals surface area contributed by atoms with E-state index in [-0.39, 0.29) is 64.0 Å². The van der Waals surface area contributed by atoms with E-state index in [0.29, 0.717) is 23.6 Å². The van der Waals surface area contributed by atoms with E-state index in [2.05, 4.69) is 15.2 Å². The molecular weight excluding hydrogens is 556 g/mol. The number of aliphatic carboxylic acids is 1. The van der Waals surface area contributed by atoms with Gasteiger partial charge in [0.1, 0.15) is 11.7 Å². The molecule has 2 saturated heterocycles. The van der Waals surface area contributed by atoms with Crippen molar-refractivity contribution in [1.29, 1.82) is 0 Å². The summed E-state index contributed by atoms with van der Waals surface area (Å²) in [5.41, 5.74) is 1.37. The summed E-state index contributed by atoms with van der Waals surface area (Å²) in [6.45, 7) is 4.21. The maximum absolute atomic E-state index is 13.6. The number of amides is 3. The van der Waals surface area contributed by atoms with Crippen LogP contribution in [-0.4, -0.2) is 117 Å². The molecule has 0 bridgehead atoms. The van der Waals surface area contributed by atoms with E-state index in [1.54, 1.807) is 13.0 Å². The summed E-state index contributed by atoms with van der Waals surface area (Å²) in [6.07, 6.45) is 2.05. The summed E-state index contributed by atoms with van der Waals surface area (Å²) in [4.78, 5) is 65.0. The van der Waals surface area contributed by atoms with Crippen molar-refractivity contribution in [3.63, 3.8) is 0 Å². The molecule has 0 spiro atoms. The molecule has 1 aromatic carbocycles. The molecule has 2 fully saturated rings. The van der Waals surface area contributed by atoms with E-state index >= 15 is 0 Å². The van der Waals surface area contributed by atoms with E-state index in [9.17, 15) is 29.4 Å². The number of nitrogens with one attached hydrogen (secondary N) is 1. The van der Waals surface area contributed by atoms with Crippen LogP contribution in [0.25, 0.3) is 11.4 Å². The van der Waals surface area contributed by atoms with E-state index in [1.165, 1.54) is 9.80 Å². The number of rotatable bonds is 11. The average molecular weight is 597 g/mol. The van der Waals surface area contributed by atoms with Crippen LogP contribution in [0.15, 0.2) is 36.4 Å². The third-order valence-corrected chi connectivity index (χ3v) is 7.74. The molecular formula is C30H40N6O7. The van der Waals surface area contributed by atoms with Gasteiger partial charge in [0.15, 0.2) is 5.82 Å². The summed E-state index contributed by atoms with van der Waals surface area (Å²) in [6, 6.07) is 9.73. The molecule has 1 unspecified atom stereocenters. The number of aromatic nitrogens is 2. The lowest BCUT2D eigenvalue weighted by Gasteiger charge is -2.36. The second kappa shape index (κ2) is 15.4. The highest BCUT2D eigenvalue weighted by molar-refractivity contribution is 5.96. The van der Waals surface area contributed by atoms with Gasteiger partial charge in [-0.2, -0.15) is 0 Å². The fourth-order valence-electron chi connectivity index (χ4n) is 5.40. The molecule has 2 aromatic rings. The first-order valence-electron chi connectivity index (χ1n) is 14.8. The zero-order valence-corrected chi connectivity index (χ0v) is 24.5. The summed E-state index contributed by atoms with van der Waals surface area (Å²) >= 11 is 0. The minimum atomic E-state index is -1.10. The molecule has 0 saturated carbocycles. The molecule has 2 atom stereocenters. The highest BCUT2D eigenvalue weighted by atomic mass is 16.6. The maximum Gasteiger partial charge on any atom is 0.409 e. The van der Waals surface area contributed by atoms with Crippen molar-refractivity contribution in [3.8, 4) is 11.4 Å². The number of hydrogen-bond donors (Lipinski definition) is 3. The average Bonchev–Trinajstić information content (AvgIpc) is 3.03. The van der Waals surface area contributed by atoms with Gasteiger partial charge < -0.3 is 30.1 Å². The number of carboxylic acid groups (broad SMARTS) is 1. The van der Waals surface area contributed by atoms with Crippen LogP contribution >= 0.6 is 0 Å². The number of aliphatic hydroxyl groups is 1. The van der Waals surface area contributed by atoms with Crippen molar-refractivity contribution >= 4 is 23.9 Å². The molecule has 2 aliphatic rings. The van der Waals surface area contributed by atoms with Crippen molar-refractivity contribution in [2.45, 2.75) is 57.7 Å². The first-order chi connectivity index (χ1) is 20.8. The minimum absolute atomic E-state index is 0.00323. The molecule has 4 rings (SSSR count). The summed E-state index contributed by atoms with van der Waals surface area (Å²) in [5.74, 6) is -1.78. The molecule has 232 valence electrons. The van der Waals surface area contributed by atoms with E-state index < -0.39 is 29.9 Å². The fourth-order valence-corrected chi connectivity index (χ4v) is 5.40. The number of nitrogens with zero attached hydrogens (tertiary/aromatic N) is 5. The van der Waals surface area contributed by atoms with Gasteiger partial charge in [-0.1, -0.05) is 36.8 Å². The Morgan fingerprint density at radius 1 is 1.02 bits per heavy atom. The minimum Gasteiger partial charge on any atom is -0.481 e. The van der Waals surface area contributed by atoms with Gasteiger partial charge in [0.05, 0.1) is 18.9 Å². The Bertz CT molecular complexity index is 1270. The van der Waals surface area contributed by atoms with E-state index in [1.807, 2.05) is 30.3 Å². The van der Waals surface area contributed by atoms with Crippen LogP contribution in [0.2, 0.25) is 0 Å². The van der Waals surface area contributed by atoms with Crippen LogP contribution in [-0.2, 0) is 20.9 Å². The smallest absolute Gasteiger partial charge is 0.409 e. The van der Waals surface area contributed by atoms with E-state index in [0.717, 1.165) is 25.8 Å². The second-order valence-electron chi connectivity index (χ2n) is 10.7. The Labute approximate surface area is 250 Å². The zero-order chi connectivity index (χ0) is 30.8. The van der Waals surface area contributed by atoms with Crippen LogP contribution in [0.5, 0.6) is 0 Å². The number of hydrogen-bond acceptors (Lipinski definition) is 9. The number of piperazine rings is 1. The molecule has 2 aliphatic heterocycles. The van der Waals surface area contributed by atoms with Gasteiger partial charge in [0.25, 0.3) is 5.91 Å². The Kier molecular flexibility index (Phi) is 11.4. The van der Waals surface area contributed by atoms with Gasteiger partial charge in [0.2, 0.25) is 5.91 Å². The molecule has 3 amide bonds. The molecule has 1 aromatic heterocycles. The molecule has 3 heterocycles. The number of carbonyl (C=O) groups is 4. The Morgan fingerprint density at radius 3 is 2.42 bits per heavy atom. The monoisotopic (exact) mass is 596 g/mol. The number of ether oxygens (including phenoxy) is 1. The molecule has 43 heavy (non-hydrogen) atoms. The molecule has 0 aliphatic carbocycles. The van der Waals surface area contributed by atoms with Crippen molar-refractivity contribution in [1.82, 2.24) is 30.0 Å². The van der Waals surface area contributed by atoms with Gasteiger partial charge in [-0.05, 0) is 38.8 Å². The predicted molar refractivity (Wildman–Crippen MR) is 156 cm³/mol. The third-order valence-electron chi connectivity index (χ3n) is 7.74. The van der Waals surface area contributed by atoms with Gasteiger partial charge >= 0.3 is 12.1 Å². The van der Waals surface area contributed by atoms with Gasteiger partial charge in [-0.25, -0.2) is 14.8 Å². The number of aliphatic hydroxyl groups excluding tert-OH is 1. The predicted octanol–water partition coefficient (Wildman–Crippen LogP) is 1.75. The first kappa shape index (κ1) is 31.8. The highest BCUT2D eigenvalue weighted by Gasteiger charge is 2.31. The zero-order valence-electron chi connectivity index (χ0n) is 24.5. The Morgan fingerprint density at radius 2 is 1.74 bits per heavy atom. The van der Waals surface area contributed by atoms with Crippen LogP contribution < -0.4 is 5.32 Å². The van der Waals surface area contributed by atoms with E-state index in [4.69, 9.17) is 9.72 Å². The summed E-state index contributed by atoms with van der Waals surface area (Å²) < 4.78 is 5.04. The molecule has 13 nitrogen and oxygen atoms in total. The second-order valence-corrected chi connectivity index (χ2v) is 10.7. The fraction of sp³-hybridized carbons (Fsp3) is 0.533. The van der Waals surface area contributed by atoms with Crippen LogP contribution in [0, 0.1) is 0 Å². The Hall–Kier alpha value is -4.10. The summed E-state index contributed by atoms with van der Waals surface area (Å²) in [5, 5.41) is 21.9.